The highest BCUT2D eigenvalue weighted by molar-refractivity contribution is 8.01. The van der Waals surface area contributed by atoms with E-state index in [0.29, 0.717) is 5.92 Å². The van der Waals surface area contributed by atoms with Gasteiger partial charge in [-0.2, -0.15) is 0 Å². The van der Waals surface area contributed by atoms with Crippen molar-refractivity contribution in [2.45, 2.75) is 31.0 Å². The third-order valence-electron chi connectivity index (χ3n) is 3.08. The summed E-state index contributed by atoms with van der Waals surface area (Å²) in [5.41, 5.74) is 1.22. The lowest BCUT2D eigenvalue weighted by atomic mass is 10.0. The zero-order chi connectivity index (χ0) is 13.1. The van der Waals surface area contributed by atoms with E-state index in [2.05, 4.69) is 19.1 Å². The molecule has 0 spiro atoms. The van der Waals surface area contributed by atoms with Gasteiger partial charge in [-0.1, -0.05) is 19.1 Å². The van der Waals surface area contributed by atoms with Crippen LogP contribution >= 0.6 is 11.8 Å². The lowest BCUT2D eigenvalue weighted by Gasteiger charge is -2.17. The van der Waals surface area contributed by atoms with Gasteiger partial charge in [-0.25, -0.2) is 0 Å². The molecule has 3 unspecified atom stereocenters. The summed E-state index contributed by atoms with van der Waals surface area (Å²) in [4.78, 5) is 11.4. The predicted molar refractivity (Wildman–Crippen MR) is 72.8 cm³/mol. The first-order chi connectivity index (χ1) is 8.60. The van der Waals surface area contributed by atoms with Gasteiger partial charge in [0.15, 0.2) is 5.44 Å². The Hall–Kier alpha value is -1.16. The molecule has 18 heavy (non-hydrogen) atoms. The van der Waals surface area contributed by atoms with Crippen molar-refractivity contribution in [2.75, 3.05) is 7.11 Å². The van der Waals surface area contributed by atoms with Crippen molar-refractivity contribution in [3.05, 3.63) is 29.8 Å². The van der Waals surface area contributed by atoms with Gasteiger partial charge in [0.1, 0.15) is 11.0 Å². The van der Waals surface area contributed by atoms with Crippen LogP contribution in [0.15, 0.2) is 24.3 Å². The first kappa shape index (κ1) is 13.3. The van der Waals surface area contributed by atoms with Crippen LogP contribution in [0.3, 0.4) is 0 Å². The fourth-order valence-electron chi connectivity index (χ4n) is 1.97. The topological polar surface area (TPSA) is 35.5 Å². The second kappa shape index (κ2) is 5.65. The molecule has 2 rings (SSSR count). The van der Waals surface area contributed by atoms with Gasteiger partial charge in [-0.15, -0.1) is 11.8 Å². The van der Waals surface area contributed by atoms with Crippen LogP contribution in [0.5, 0.6) is 5.75 Å². The van der Waals surface area contributed by atoms with Crippen molar-refractivity contribution in [1.82, 2.24) is 0 Å². The van der Waals surface area contributed by atoms with Gasteiger partial charge >= 0.3 is 5.97 Å². The van der Waals surface area contributed by atoms with Crippen LogP contribution in [-0.4, -0.2) is 23.8 Å². The number of rotatable bonds is 4. The summed E-state index contributed by atoms with van der Waals surface area (Å²) in [5.74, 6) is 1.09. The minimum atomic E-state index is -0.0911. The summed E-state index contributed by atoms with van der Waals surface area (Å²) >= 11 is 1.61. The van der Waals surface area contributed by atoms with Crippen LogP contribution in [0.1, 0.15) is 19.4 Å². The summed E-state index contributed by atoms with van der Waals surface area (Å²) in [6, 6.07) is 8.03. The molecule has 1 saturated heterocycles. The number of hydrogen-bond donors (Lipinski definition) is 0. The predicted octanol–water partition coefficient (Wildman–Crippen LogP) is 2.88. The fourth-order valence-corrected chi connectivity index (χ4v) is 3.06. The third kappa shape index (κ3) is 2.99. The molecular formula is C14H18O3S. The van der Waals surface area contributed by atoms with Crippen LogP contribution in [0, 0.1) is 5.92 Å². The minimum Gasteiger partial charge on any atom is -0.497 e. The molecule has 1 aliphatic heterocycles. The zero-order valence-electron chi connectivity index (χ0n) is 10.9. The molecule has 0 radical (unpaired) electrons. The molecule has 3 nitrogen and oxygen atoms in total. The van der Waals surface area contributed by atoms with Crippen LogP contribution in [0.4, 0.5) is 0 Å². The largest absolute Gasteiger partial charge is 0.497 e. The number of thioether (sulfide) groups is 1. The molecule has 98 valence electrons. The summed E-state index contributed by atoms with van der Waals surface area (Å²) in [5, 5.41) is -0.0340. The van der Waals surface area contributed by atoms with E-state index in [-0.39, 0.29) is 16.7 Å². The molecule has 1 aromatic rings. The number of carbonyl (C=O) groups is 1. The monoisotopic (exact) mass is 266 g/mol. The molecule has 0 aromatic heterocycles. The summed E-state index contributed by atoms with van der Waals surface area (Å²) in [6.07, 6.45) is 0.904. The molecule has 1 heterocycles. The van der Waals surface area contributed by atoms with Crippen molar-refractivity contribution >= 4 is 17.7 Å². The molecule has 1 aromatic carbocycles. The number of hydrogen-bond acceptors (Lipinski definition) is 4. The maximum Gasteiger partial charge on any atom is 0.320 e. The summed E-state index contributed by atoms with van der Waals surface area (Å²) in [6.45, 7) is 4.01. The standard InChI is InChI=1S/C14H18O3S/c1-9(14-17-13(15)10(2)18-14)8-11-4-6-12(16-3)7-5-11/h4-7,9-10,14H,8H2,1-3H3. The molecule has 3 atom stereocenters. The van der Waals surface area contributed by atoms with E-state index in [4.69, 9.17) is 9.47 Å². The molecule has 1 aliphatic rings. The van der Waals surface area contributed by atoms with E-state index in [1.54, 1.807) is 18.9 Å². The number of cyclic esters (lactones) is 1. The number of carbonyl (C=O) groups excluding carboxylic acids is 1. The van der Waals surface area contributed by atoms with E-state index in [1.807, 2.05) is 19.1 Å². The Morgan fingerprint density at radius 3 is 2.56 bits per heavy atom. The van der Waals surface area contributed by atoms with Crippen LogP contribution < -0.4 is 4.74 Å². The van der Waals surface area contributed by atoms with E-state index in [1.165, 1.54) is 5.56 Å². The van der Waals surface area contributed by atoms with Gasteiger partial charge in [-0.3, -0.25) is 4.79 Å². The molecule has 0 saturated carbocycles. The van der Waals surface area contributed by atoms with Crippen LogP contribution in [-0.2, 0) is 16.0 Å². The Morgan fingerprint density at radius 1 is 1.39 bits per heavy atom. The SMILES string of the molecule is COc1ccc(CC(C)C2OC(=O)C(C)S2)cc1. The average Bonchev–Trinajstić information content (AvgIpc) is 2.71. The molecule has 0 amide bonds. The number of ether oxygens (including phenoxy) is 2. The van der Waals surface area contributed by atoms with Crippen molar-refractivity contribution in [3.8, 4) is 5.75 Å². The van der Waals surface area contributed by atoms with Crippen molar-refractivity contribution < 1.29 is 14.3 Å². The first-order valence-electron chi connectivity index (χ1n) is 6.09. The normalized spacial score (nSPS) is 24.7. The highest BCUT2D eigenvalue weighted by atomic mass is 32.2. The van der Waals surface area contributed by atoms with E-state index >= 15 is 0 Å². The average molecular weight is 266 g/mol. The Morgan fingerprint density at radius 2 is 2.06 bits per heavy atom. The Bertz CT molecular complexity index is 416. The third-order valence-corrected chi connectivity index (χ3v) is 4.51. The van der Waals surface area contributed by atoms with Crippen molar-refractivity contribution in [1.29, 1.82) is 0 Å². The zero-order valence-corrected chi connectivity index (χ0v) is 11.7. The van der Waals surface area contributed by atoms with Crippen molar-refractivity contribution in [2.24, 2.45) is 5.92 Å². The summed E-state index contributed by atoms with van der Waals surface area (Å²) in [7, 11) is 1.66. The maximum absolute atomic E-state index is 11.4. The van der Waals surface area contributed by atoms with E-state index in [9.17, 15) is 4.79 Å². The number of esters is 1. The van der Waals surface area contributed by atoms with Crippen LogP contribution in [0.25, 0.3) is 0 Å². The number of benzene rings is 1. The minimum absolute atomic E-state index is 0.0189. The second-order valence-corrected chi connectivity index (χ2v) is 6.06. The van der Waals surface area contributed by atoms with E-state index < -0.39 is 0 Å². The van der Waals surface area contributed by atoms with Crippen molar-refractivity contribution in [3.63, 3.8) is 0 Å². The Labute approximate surface area is 112 Å². The molecular weight excluding hydrogens is 248 g/mol. The van der Waals surface area contributed by atoms with Gasteiger partial charge in [0.25, 0.3) is 0 Å². The van der Waals surface area contributed by atoms with Gasteiger partial charge in [0, 0.05) is 5.92 Å². The molecule has 0 N–H and O–H groups in total. The number of methoxy groups -OCH3 is 1. The van der Waals surface area contributed by atoms with Gasteiger partial charge < -0.3 is 9.47 Å². The molecule has 4 heteroatoms. The highest BCUT2D eigenvalue weighted by Gasteiger charge is 2.35. The molecule has 0 bridgehead atoms. The smallest absolute Gasteiger partial charge is 0.320 e. The molecule has 0 aliphatic carbocycles. The highest BCUT2D eigenvalue weighted by Crippen LogP contribution is 2.34. The fraction of sp³-hybridized carbons (Fsp3) is 0.500. The Balaban J connectivity index is 1.94. The Kier molecular flexibility index (Phi) is 4.17. The second-order valence-electron chi connectivity index (χ2n) is 4.61. The summed E-state index contributed by atoms with van der Waals surface area (Å²) < 4.78 is 10.5. The molecule has 1 fully saturated rings. The quantitative estimate of drug-likeness (QED) is 0.785. The first-order valence-corrected chi connectivity index (χ1v) is 7.03. The maximum atomic E-state index is 11.4. The van der Waals surface area contributed by atoms with Gasteiger partial charge in [0.2, 0.25) is 0 Å². The lowest BCUT2D eigenvalue weighted by Crippen LogP contribution is -2.17. The van der Waals surface area contributed by atoms with Gasteiger partial charge in [0.05, 0.1) is 7.11 Å². The lowest BCUT2D eigenvalue weighted by molar-refractivity contribution is -0.143. The van der Waals surface area contributed by atoms with Gasteiger partial charge in [-0.05, 0) is 31.0 Å². The van der Waals surface area contributed by atoms with Crippen LogP contribution in [0.2, 0.25) is 0 Å². The van der Waals surface area contributed by atoms with E-state index in [0.717, 1.165) is 12.2 Å².